The number of carbonyl (C=O) groups excluding carboxylic acids is 3. The Balaban J connectivity index is 1.52. The van der Waals surface area contributed by atoms with Crippen molar-refractivity contribution in [2.75, 3.05) is 38.6 Å². The van der Waals surface area contributed by atoms with Gasteiger partial charge in [0.05, 0.1) is 13.7 Å². The number of piperidine rings is 1. The number of benzene rings is 2. The van der Waals surface area contributed by atoms with Gasteiger partial charge in [0.25, 0.3) is 5.91 Å². The van der Waals surface area contributed by atoms with Crippen LogP contribution in [-0.4, -0.2) is 60.8 Å². The lowest BCUT2D eigenvalue weighted by Gasteiger charge is -2.34. The fraction of sp³-hybridized carbons (Fsp3) is 0.375. The maximum atomic E-state index is 13.1. The van der Waals surface area contributed by atoms with Crippen LogP contribution < -0.4 is 10.1 Å². The van der Waals surface area contributed by atoms with Gasteiger partial charge in [-0.1, -0.05) is 6.07 Å². The molecule has 8 heteroatoms. The average Bonchev–Trinajstić information content (AvgIpc) is 2.82. The van der Waals surface area contributed by atoms with Crippen LogP contribution in [0, 0.1) is 11.7 Å². The topological polar surface area (TPSA) is 79.0 Å². The molecule has 0 unspecified atom stereocenters. The van der Waals surface area contributed by atoms with Crippen molar-refractivity contribution in [3.8, 4) is 5.75 Å². The first-order chi connectivity index (χ1) is 15.4. The van der Waals surface area contributed by atoms with Crippen molar-refractivity contribution in [3.63, 3.8) is 0 Å². The second-order valence-electron chi connectivity index (χ2n) is 7.71. The molecule has 1 saturated heterocycles. The second-order valence-corrected chi connectivity index (χ2v) is 7.71. The third kappa shape index (κ3) is 5.84. The van der Waals surface area contributed by atoms with Crippen molar-refractivity contribution < 1.29 is 23.5 Å². The Morgan fingerprint density at radius 2 is 1.81 bits per heavy atom. The predicted molar refractivity (Wildman–Crippen MR) is 119 cm³/mol. The lowest BCUT2D eigenvalue weighted by atomic mass is 9.94. The molecular formula is C24H28FN3O4. The number of carbonyl (C=O) groups is 3. The number of rotatable bonds is 7. The molecule has 0 saturated carbocycles. The highest BCUT2D eigenvalue weighted by atomic mass is 19.1. The Kier molecular flexibility index (Phi) is 7.81. The molecule has 7 nitrogen and oxygen atoms in total. The van der Waals surface area contributed by atoms with Crippen molar-refractivity contribution in [2.45, 2.75) is 19.8 Å². The second kappa shape index (κ2) is 10.7. The summed E-state index contributed by atoms with van der Waals surface area (Å²) in [5.74, 6) is -0.522. The Hall–Kier alpha value is -3.42. The van der Waals surface area contributed by atoms with Crippen LogP contribution in [0.25, 0.3) is 0 Å². The Morgan fingerprint density at radius 1 is 1.12 bits per heavy atom. The highest BCUT2D eigenvalue weighted by molar-refractivity contribution is 5.95. The van der Waals surface area contributed by atoms with Crippen LogP contribution in [0.2, 0.25) is 0 Å². The quantitative estimate of drug-likeness (QED) is 0.716. The van der Waals surface area contributed by atoms with E-state index >= 15 is 0 Å². The zero-order valence-electron chi connectivity index (χ0n) is 18.3. The maximum Gasteiger partial charge on any atom is 0.253 e. The minimum absolute atomic E-state index is 0.0404. The number of hydrogen-bond donors (Lipinski definition) is 1. The number of amides is 3. The van der Waals surface area contributed by atoms with Gasteiger partial charge in [0.1, 0.15) is 11.6 Å². The Bertz CT molecular complexity index is 956. The molecule has 0 atom stereocenters. The van der Waals surface area contributed by atoms with E-state index in [9.17, 15) is 18.8 Å². The summed E-state index contributed by atoms with van der Waals surface area (Å²) in [5, 5.41) is 2.79. The average molecular weight is 442 g/mol. The number of methoxy groups -OCH3 is 1. The van der Waals surface area contributed by atoms with Gasteiger partial charge < -0.3 is 19.9 Å². The van der Waals surface area contributed by atoms with Crippen LogP contribution in [-0.2, 0) is 9.59 Å². The summed E-state index contributed by atoms with van der Waals surface area (Å²) in [6, 6.07) is 12.5. The molecule has 1 aliphatic heterocycles. The molecule has 1 N–H and O–H groups in total. The molecule has 2 aromatic carbocycles. The molecular weight excluding hydrogens is 413 g/mol. The first-order valence-electron chi connectivity index (χ1n) is 10.7. The molecule has 3 amide bonds. The third-order valence-corrected chi connectivity index (χ3v) is 5.60. The first-order valence-corrected chi connectivity index (χ1v) is 10.7. The van der Waals surface area contributed by atoms with Gasteiger partial charge in [-0.25, -0.2) is 4.39 Å². The molecule has 1 fully saturated rings. The monoisotopic (exact) mass is 441 g/mol. The minimum atomic E-state index is -0.388. The van der Waals surface area contributed by atoms with Crippen molar-refractivity contribution in [1.82, 2.24) is 9.80 Å². The number of likely N-dealkylation sites (N-methyl/N-ethyl adjacent to an activating group) is 1. The van der Waals surface area contributed by atoms with E-state index in [0.717, 1.165) is 0 Å². The van der Waals surface area contributed by atoms with Crippen LogP contribution in [0.4, 0.5) is 10.1 Å². The Labute approximate surface area is 187 Å². The molecule has 2 aromatic rings. The van der Waals surface area contributed by atoms with E-state index in [1.807, 2.05) is 6.92 Å². The van der Waals surface area contributed by atoms with Crippen molar-refractivity contribution in [1.29, 1.82) is 0 Å². The number of ether oxygens (including phenoxy) is 1. The summed E-state index contributed by atoms with van der Waals surface area (Å²) in [7, 11) is 1.55. The lowest BCUT2D eigenvalue weighted by molar-refractivity contribution is -0.139. The van der Waals surface area contributed by atoms with E-state index in [4.69, 9.17) is 4.74 Å². The number of anilines is 1. The summed E-state index contributed by atoms with van der Waals surface area (Å²) >= 11 is 0. The van der Waals surface area contributed by atoms with Gasteiger partial charge in [-0.05, 0) is 56.2 Å². The third-order valence-electron chi connectivity index (χ3n) is 5.60. The van der Waals surface area contributed by atoms with Crippen LogP contribution in [0.15, 0.2) is 48.5 Å². The number of nitrogens with zero attached hydrogens (tertiary/aromatic N) is 2. The van der Waals surface area contributed by atoms with E-state index in [0.29, 0.717) is 49.5 Å². The highest BCUT2D eigenvalue weighted by Crippen LogP contribution is 2.22. The molecule has 0 aliphatic carbocycles. The van der Waals surface area contributed by atoms with E-state index in [1.54, 1.807) is 36.3 Å². The summed E-state index contributed by atoms with van der Waals surface area (Å²) < 4.78 is 18.2. The van der Waals surface area contributed by atoms with E-state index in [1.165, 1.54) is 29.2 Å². The van der Waals surface area contributed by atoms with Gasteiger partial charge >= 0.3 is 0 Å². The molecule has 1 aliphatic rings. The highest BCUT2D eigenvalue weighted by Gasteiger charge is 2.30. The van der Waals surface area contributed by atoms with Gasteiger partial charge in [0.15, 0.2) is 0 Å². The first kappa shape index (κ1) is 23.2. The number of halogens is 1. The van der Waals surface area contributed by atoms with E-state index in [2.05, 4.69) is 5.32 Å². The van der Waals surface area contributed by atoms with Crippen LogP contribution in [0.3, 0.4) is 0 Å². The zero-order chi connectivity index (χ0) is 23.1. The molecule has 1 heterocycles. The van der Waals surface area contributed by atoms with Crippen LogP contribution in [0.1, 0.15) is 30.1 Å². The minimum Gasteiger partial charge on any atom is -0.497 e. The fourth-order valence-electron chi connectivity index (χ4n) is 3.78. The standard InChI is InChI=1S/C24H28FN3O4/c1-3-27(16-22(29)26-20-5-4-6-21(15-20)32-2)23(30)18-11-13-28(14-12-18)24(31)17-7-9-19(25)10-8-17/h4-10,15,18H,3,11-14,16H2,1-2H3,(H,26,29). The van der Waals surface area contributed by atoms with Crippen molar-refractivity contribution in [3.05, 3.63) is 59.9 Å². The molecule has 0 aromatic heterocycles. The van der Waals surface area contributed by atoms with Crippen molar-refractivity contribution >= 4 is 23.4 Å². The van der Waals surface area contributed by atoms with Gasteiger partial charge in [-0.2, -0.15) is 0 Å². The largest absolute Gasteiger partial charge is 0.497 e. The predicted octanol–water partition coefficient (Wildman–Crippen LogP) is 3.17. The lowest BCUT2D eigenvalue weighted by Crippen LogP contribution is -2.46. The fourth-order valence-corrected chi connectivity index (χ4v) is 3.78. The molecule has 0 spiro atoms. The Morgan fingerprint density at radius 3 is 2.44 bits per heavy atom. The number of nitrogens with one attached hydrogen (secondary N) is 1. The molecule has 0 bridgehead atoms. The van der Waals surface area contributed by atoms with Gasteiger partial charge in [-0.3, -0.25) is 14.4 Å². The number of hydrogen-bond acceptors (Lipinski definition) is 4. The van der Waals surface area contributed by atoms with Gasteiger partial charge in [-0.15, -0.1) is 0 Å². The normalized spacial score (nSPS) is 14.0. The van der Waals surface area contributed by atoms with Crippen LogP contribution >= 0.6 is 0 Å². The maximum absolute atomic E-state index is 13.1. The molecule has 170 valence electrons. The molecule has 3 rings (SSSR count). The molecule has 32 heavy (non-hydrogen) atoms. The summed E-state index contributed by atoms with van der Waals surface area (Å²) in [6.45, 7) is 3.10. The smallest absolute Gasteiger partial charge is 0.253 e. The summed E-state index contributed by atoms with van der Waals surface area (Å²) in [6.07, 6.45) is 1.06. The van der Waals surface area contributed by atoms with E-state index in [-0.39, 0.29) is 36.0 Å². The van der Waals surface area contributed by atoms with Crippen LogP contribution in [0.5, 0.6) is 5.75 Å². The van der Waals surface area contributed by atoms with E-state index < -0.39 is 0 Å². The van der Waals surface area contributed by atoms with Gasteiger partial charge in [0, 0.05) is 42.9 Å². The SMILES string of the molecule is CCN(CC(=O)Nc1cccc(OC)c1)C(=O)C1CCN(C(=O)c2ccc(F)cc2)CC1. The zero-order valence-corrected chi connectivity index (χ0v) is 18.3. The molecule has 0 radical (unpaired) electrons. The summed E-state index contributed by atoms with van der Waals surface area (Å²) in [5.41, 5.74) is 1.03. The van der Waals surface area contributed by atoms with Crippen molar-refractivity contribution in [2.24, 2.45) is 5.92 Å². The summed E-state index contributed by atoms with van der Waals surface area (Å²) in [4.78, 5) is 41.3. The number of likely N-dealkylation sites (tertiary alicyclic amines) is 1. The van der Waals surface area contributed by atoms with Gasteiger partial charge in [0.2, 0.25) is 11.8 Å².